The molecule has 1 aliphatic rings. The normalized spacial score (nSPS) is 21.0. The van der Waals surface area contributed by atoms with Crippen LogP contribution in [0.4, 0.5) is 4.39 Å². The van der Waals surface area contributed by atoms with Crippen LogP contribution in [0.3, 0.4) is 0 Å². The lowest BCUT2D eigenvalue weighted by atomic mass is 9.92. The van der Waals surface area contributed by atoms with Gasteiger partial charge in [-0.3, -0.25) is 14.9 Å². The van der Waals surface area contributed by atoms with Gasteiger partial charge in [0.05, 0.1) is 0 Å². The number of nitrogens with one attached hydrogen (secondary N) is 1. The van der Waals surface area contributed by atoms with Crippen molar-refractivity contribution in [2.75, 3.05) is 5.33 Å². The summed E-state index contributed by atoms with van der Waals surface area (Å²) in [6.45, 7) is 1.45. The number of aliphatic hydroxyl groups excluding tert-OH is 1. The number of hydrogen-bond donors (Lipinski definition) is 2. The first-order chi connectivity index (χ1) is 10.4. The third kappa shape index (κ3) is 3.14. The van der Waals surface area contributed by atoms with Crippen LogP contribution < -0.4 is 5.32 Å². The van der Waals surface area contributed by atoms with E-state index < -0.39 is 23.0 Å². The average Bonchev–Trinajstić information content (AvgIpc) is 2.71. The number of Topliss-reactive ketones (excluding diaryl/α,β-unsaturated/α-hetero) is 1. The van der Waals surface area contributed by atoms with Gasteiger partial charge in [-0.1, -0.05) is 28.1 Å². The van der Waals surface area contributed by atoms with Crippen LogP contribution >= 0.6 is 15.9 Å². The lowest BCUT2D eigenvalue weighted by Crippen LogP contribution is -2.32. The van der Waals surface area contributed by atoms with Crippen molar-refractivity contribution in [1.29, 1.82) is 0 Å². The standard InChI is InChI=1S/C15H15BrFNO4/c1-15(9-4-6-10(17)7-5-9)13(21)12(20)14(22-15)18-11(19)3-2-8-16/h4-7,20H,2-3,8H2,1H3,(H,18,19). The molecule has 0 spiro atoms. The zero-order chi connectivity index (χ0) is 16.3. The number of rotatable bonds is 5. The highest BCUT2D eigenvalue weighted by Gasteiger charge is 2.48. The van der Waals surface area contributed by atoms with Crippen LogP contribution in [0.15, 0.2) is 35.9 Å². The molecule has 1 aliphatic heterocycles. The fourth-order valence-corrected chi connectivity index (χ4v) is 2.37. The van der Waals surface area contributed by atoms with E-state index in [0.29, 0.717) is 17.3 Å². The van der Waals surface area contributed by atoms with E-state index in [1.54, 1.807) is 0 Å². The minimum absolute atomic E-state index is 0.229. The Morgan fingerprint density at radius 1 is 1.41 bits per heavy atom. The van der Waals surface area contributed by atoms with E-state index in [1.165, 1.54) is 31.2 Å². The van der Waals surface area contributed by atoms with Crippen LogP contribution in [-0.2, 0) is 19.9 Å². The third-order valence-electron chi connectivity index (χ3n) is 3.36. The monoisotopic (exact) mass is 371 g/mol. The highest BCUT2D eigenvalue weighted by atomic mass is 79.9. The largest absolute Gasteiger partial charge is 0.501 e. The Bertz CT molecular complexity index is 629. The van der Waals surface area contributed by atoms with E-state index in [4.69, 9.17) is 4.74 Å². The smallest absolute Gasteiger partial charge is 0.250 e. The summed E-state index contributed by atoms with van der Waals surface area (Å²) in [7, 11) is 0. The maximum absolute atomic E-state index is 13.0. The van der Waals surface area contributed by atoms with Crippen molar-refractivity contribution in [3.05, 3.63) is 47.3 Å². The van der Waals surface area contributed by atoms with Crippen molar-refractivity contribution in [2.45, 2.75) is 25.4 Å². The van der Waals surface area contributed by atoms with E-state index in [-0.39, 0.29) is 18.2 Å². The van der Waals surface area contributed by atoms with Crippen molar-refractivity contribution in [3.8, 4) is 0 Å². The first-order valence-corrected chi connectivity index (χ1v) is 7.79. The number of ether oxygens (including phenoxy) is 1. The Kier molecular flexibility index (Phi) is 4.85. The van der Waals surface area contributed by atoms with Crippen molar-refractivity contribution < 1.29 is 23.8 Å². The van der Waals surface area contributed by atoms with Crippen LogP contribution in [0.2, 0.25) is 0 Å². The summed E-state index contributed by atoms with van der Waals surface area (Å²) in [6.07, 6.45) is 0.843. The number of halogens is 2. The van der Waals surface area contributed by atoms with Gasteiger partial charge in [0.2, 0.25) is 17.5 Å². The Labute approximate surface area is 135 Å². The van der Waals surface area contributed by atoms with Crippen LogP contribution in [0.1, 0.15) is 25.3 Å². The van der Waals surface area contributed by atoms with Crippen LogP contribution in [0, 0.1) is 5.82 Å². The number of aliphatic hydroxyl groups is 1. The second kappa shape index (κ2) is 6.48. The Morgan fingerprint density at radius 2 is 2.05 bits per heavy atom. The van der Waals surface area contributed by atoms with E-state index >= 15 is 0 Å². The molecule has 1 aromatic carbocycles. The maximum atomic E-state index is 13.0. The Hall–Kier alpha value is -1.89. The fraction of sp³-hybridized carbons (Fsp3) is 0.333. The Balaban J connectivity index is 2.18. The molecular weight excluding hydrogens is 357 g/mol. The molecule has 1 aromatic rings. The Morgan fingerprint density at radius 3 is 2.64 bits per heavy atom. The number of carbonyl (C=O) groups excluding carboxylic acids is 2. The van der Waals surface area contributed by atoms with E-state index in [9.17, 15) is 19.1 Å². The molecule has 1 atom stereocenters. The van der Waals surface area contributed by atoms with Gasteiger partial charge < -0.3 is 9.84 Å². The van der Waals surface area contributed by atoms with Gasteiger partial charge in [0.15, 0.2) is 5.60 Å². The van der Waals surface area contributed by atoms with Crippen molar-refractivity contribution in [2.24, 2.45) is 0 Å². The maximum Gasteiger partial charge on any atom is 0.250 e. The second-order valence-electron chi connectivity index (χ2n) is 4.99. The molecule has 0 fully saturated rings. The highest BCUT2D eigenvalue weighted by molar-refractivity contribution is 9.09. The fourth-order valence-electron chi connectivity index (χ4n) is 2.09. The molecule has 2 N–H and O–H groups in total. The first-order valence-electron chi connectivity index (χ1n) is 6.67. The van der Waals surface area contributed by atoms with E-state index in [0.717, 1.165) is 0 Å². The molecule has 2 rings (SSSR count). The van der Waals surface area contributed by atoms with Crippen LogP contribution in [-0.4, -0.2) is 22.1 Å². The van der Waals surface area contributed by atoms with Crippen molar-refractivity contribution in [3.63, 3.8) is 0 Å². The number of alkyl halides is 1. The lowest BCUT2D eigenvalue weighted by molar-refractivity contribution is -0.133. The zero-order valence-electron chi connectivity index (χ0n) is 11.9. The molecule has 7 heteroatoms. The molecule has 0 aliphatic carbocycles. The van der Waals surface area contributed by atoms with Gasteiger partial charge in [0.25, 0.3) is 5.78 Å². The first kappa shape index (κ1) is 16.5. The molecule has 118 valence electrons. The number of ketones is 1. The lowest BCUT2D eigenvalue weighted by Gasteiger charge is -2.23. The number of hydrogen-bond acceptors (Lipinski definition) is 4. The van der Waals surface area contributed by atoms with Crippen molar-refractivity contribution in [1.82, 2.24) is 5.32 Å². The molecule has 22 heavy (non-hydrogen) atoms. The van der Waals surface area contributed by atoms with Gasteiger partial charge in [0, 0.05) is 17.3 Å². The molecule has 0 saturated carbocycles. The quantitative estimate of drug-likeness (QED) is 0.780. The van der Waals surface area contributed by atoms with Gasteiger partial charge in [-0.15, -0.1) is 0 Å². The van der Waals surface area contributed by atoms with Gasteiger partial charge >= 0.3 is 0 Å². The van der Waals surface area contributed by atoms with Gasteiger partial charge in [-0.05, 0) is 25.5 Å². The van der Waals surface area contributed by atoms with Crippen LogP contribution in [0.5, 0.6) is 0 Å². The molecule has 0 radical (unpaired) electrons. The molecule has 1 heterocycles. The number of benzene rings is 1. The van der Waals surface area contributed by atoms with Crippen LogP contribution in [0.25, 0.3) is 0 Å². The number of amides is 1. The molecule has 0 aromatic heterocycles. The minimum atomic E-state index is -1.49. The predicted molar refractivity (Wildman–Crippen MR) is 80.7 cm³/mol. The highest BCUT2D eigenvalue weighted by Crippen LogP contribution is 2.36. The molecule has 1 amide bonds. The average molecular weight is 372 g/mol. The summed E-state index contributed by atoms with van der Waals surface area (Å²) in [6, 6.07) is 5.19. The summed E-state index contributed by atoms with van der Waals surface area (Å²) in [5.74, 6) is -2.40. The van der Waals surface area contributed by atoms with Gasteiger partial charge in [0.1, 0.15) is 5.82 Å². The summed E-state index contributed by atoms with van der Waals surface area (Å²) in [4.78, 5) is 23.9. The zero-order valence-corrected chi connectivity index (χ0v) is 13.4. The van der Waals surface area contributed by atoms with E-state index in [1.807, 2.05) is 0 Å². The minimum Gasteiger partial charge on any atom is -0.501 e. The SMILES string of the molecule is CC1(c2ccc(F)cc2)OC(NC(=O)CCCBr)=C(O)C1=O. The van der Waals surface area contributed by atoms with Gasteiger partial charge in [-0.25, -0.2) is 4.39 Å². The number of carbonyl (C=O) groups is 2. The molecular formula is C15H15BrFNO4. The van der Waals surface area contributed by atoms with Crippen molar-refractivity contribution >= 4 is 27.6 Å². The summed E-state index contributed by atoms with van der Waals surface area (Å²) >= 11 is 3.21. The molecule has 5 nitrogen and oxygen atoms in total. The summed E-state index contributed by atoms with van der Waals surface area (Å²) in [5, 5.41) is 12.9. The molecule has 0 bridgehead atoms. The molecule has 1 unspecified atom stereocenters. The topological polar surface area (TPSA) is 75.6 Å². The summed E-state index contributed by atoms with van der Waals surface area (Å²) in [5.41, 5.74) is -1.11. The third-order valence-corrected chi connectivity index (χ3v) is 3.92. The molecule has 0 saturated heterocycles. The predicted octanol–water partition coefficient (Wildman–Crippen LogP) is 2.66. The van der Waals surface area contributed by atoms with E-state index in [2.05, 4.69) is 21.2 Å². The summed E-state index contributed by atoms with van der Waals surface area (Å²) < 4.78 is 18.5. The van der Waals surface area contributed by atoms with Gasteiger partial charge in [-0.2, -0.15) is 0 Å². The second-order valence-corrected chi connectivity index (χ2v) is 5.78.